The number of benzene rings is 3. The fraction of sp³-hybridized carbons (Fsp3) is 0.303. The first-order chi connectivity index (χ1) is 19.3. The monoisotopic (exact) mass is 552 g/mol. The first-order valence-electron chi connectivity index (χ1n) is 13.8. The van der Waals surface area contributed by atoms with Crippen molar-refractivity contribution in [2.45, 2.75) is 52.3 Å². The molecule has 1 aromatic heterocycles. The van der Waals surface area contributed by atoms with Crippen molar-refractivity contribution < 1.29 is 9.59 Å². The zero-order valence-corrected chi connectivity index (χ0v) is 24.6. The van der Waals surface area contributed by atoms with E-state index in [-0.39, 0.29) is 35.4 Å². The topological polar surface area (TPSA) is 67.2 Å². The van der Waals surface area contributed by atoms with Crippen molar-refractivity contribution in [1.82, 2.24) is 15.1 Å². The lowest BCUT2D eigenvalue weighted by Gasteiger charge is -2.24. The normalized spacial score (nSPS) is 15.9. The van der Waals surface area contributed by atoms with E-state index in [0.29, 0.717) is 5.82 Å². The van der Waals surface area contributed by atoms with E-state index in [4.69, 9.17) is 5.10 Å². The minimum Gasteiger partial charge on any atom is -0.352 e. The summed E-state index contributed by atoms with van der Waals surface area (Å²) in [7, 11) is 0. The summed E-state index contributed by atoms with van der Waals surface area (Å²) in [6, 6.07) is 24.7. The van der Waals surface area contributed by atoms with Gasteiger partial charge in [-0.15, -0.1) is 11.8 Å². The molecule has 0 bridgehead atoms. The van der Waals surface area contributed by atoms with Gasteiger partial charge in [-0.25, -0.2) is 4.68 Å². The average Bonchev–Trinajstić information content (AvgIpc) is 3.27. The second kappa shape index (κ2) is 11.7. The van der Waals surface area contributed by atoms with Gasteiger partial charge in [0.05, 0.1) is 22.4 Å². The van der Waals surface area contributed by atoms with Crippen molar-refractivity contribution in [2.24, 2.45) is 0 Å². The Kier molecular flexibility index (Phi) is 8.12. The molecule has 40 heavy (non-hydrogen) atoms. The molecule has 6 nitrogen and oxygen atoms in total. The third-order valence-electron chi connectivity index (χ3n) is 7.61. The third kappa shape index (κ3) is 5.43. The summed E-state index contributed by atoms with van der Waals surface area (Å²) in [5.74, 6) is 0.632. The number of fused-ring (bicyclic) bond motifs is 1. The second-order valence-electron chi connectivity index (χ2n) is 10.5. The number of carbonyl (C=O) groups excluding carboxylic acids is 2. The maximum absolute atomic E-state index is 13.9. The van der Waals surface area contributed by atoms with Crippen LogP contribution in [0.25, 0.3) is 16.9 Å². The predicted molar refractivity (Wildman–Crippen MR) is 164 cm³/mol. The number of hydrogen-bond donors (Lipinski definition) is 1. The Labute approximate surface area is 240 Å². The standard InChI is InChI=1S/C33H36N4O2S/c1-6-23(4)34-28(38)19-36-29(39)20-40-32(26-16-10-12-21(2)18-26)30-31(25-14-8-7-9-15-25)35-37(33(30)36)27-17-11-13-22(3)24(27)5/h7-18,23,32H,6,19-20H2,1-5H3,(H,34,38)/t23-,32-/m0/s1. The molecule has 3 aromatic carbocycles. The van der Waals surface area contributed by atoms with Crippen molar-refractivity contribution in [3.05, 3.63) is 101 Å². The summed E-state index contributed by atoms with van der Waals surface area (Å²) in [4.78, 5) is 28.8. The van der Waals surface area contributed by atoms with Crippen LogP contribution in [0.5, 0.6) is 0 Å². The van der Waals surface area contributed by atoms with Gasteiger partial charge in [0.25, 0.3) is 0 Å². The highest BCUT2D eigenvalue weighted by Crippen LogP contribution is 2.48. The molecule has 0 saturated heterocycles. The van der Waals surface area contributed by atoms with Gasteiger partial charge in [-0.2, -0.15) is 5.10 Å². The van der Waals surface area contributed by atoms with Crippen LogP contribution >= 0.6 is 11.8 Å². The largest absolute Gasteiger partial charge is 0.352 e. The number of carbonyl (C=O) groups is 2. The molecule has 0 spiro atoms. The van der Waals surface area contributed by atoms with Gasteiger partial charge in [0, 0.05) is 17.2 Å². The molecule has 2 atom stereocenters. The summed E-state index contributed by atoms with van der Waals surface area (Å²) < 4.78 is 1.89. The summed E-state index contributed by atoms with van der Waals surface area (Å²) >= 11 is 1.59. The number of rotatable bonds is 7. The fourth-order valence-electron chi connectivity index (χ4n) is 5.12. The Morgan fingerprint density at radius 2 is 1.80 bits per heavy atom. The molecule has 0 fully saturated rings. The number of aromatic nitrogens is 2. The van der Waals surface area contributed by atoms with Crippen molar-refractivity contribution in [3.63, 3.8) is 0 Å². The van der Waals surface area contributed by atoms with Crippen LogP contribution in [0.15, 0.2) is 72.8 Å². The Balaban J connectivity index is 1.81. The zero-order chi connectivity index (χ0) is 28.4. The fourth-order valence-corrected chi connectivity index (χ4v) is 6.31. The Bertz CT molecular complexity index is 1550. The summed E-state index contributed by atoms with van der Waals surface area (Å²) in [5.41, 5.74) is 8.11. The molecule has 5 rings (SSSR count). The Morgan fingerprint density at radius 1 is 1.05 bits per heavy atom. The number of anilines is 1. The van der Waals surface area contributed by atoms with Crippen LogP contribution in [0.2, 0.25) is 0 Å². The van der Waals surface area contributed by atoms with E-state index in [9.17, 15) is 9.59 Å². The van der Waals surface area contributed by atoms with Crippen molar-refractivity contribution in [2.75, 3.05) is 17.2 Å². The number of aryl methyl sites for hydroxylation is 2. The van der Waals surface area contributed by atoms with Gasteiger partial charge in [0.1, 0.15) is 12.4 Å². The molecule has 1 aliphatic heterocycles. The molecule has 7 heteroatoms. The van der Waals surface area contributed by atoms with Gasteiger partial charge >= 0.3 is 0 Å². The second-order valence-corrected chi connectivity index (χ2v) is 11.6. The summed E-state index contributed by atoms with van der Waals surface area (Å²) in [6.45, 7) is 10.2. The third-order valence-corrected chi connectivity index (χ3v) is 8.86. The quantitative estimate of drug-likeness (QED) is 0.282. The highest BCUT2D eigenvalue weighted by Gasteiger charge is 2.38. The predicted octanol–water partition coefficient (Wildman–Crippen LogP) is 6.55. The lowest BCUT2D eigenvalue weighted by molar-refractivity contribution is -0.123. The number of thioether (sulfide) groups is 1. The maximum atomic E-state index is 13.9. The molecule has 2 heterocycles. The molecule has 4 aromatic rings. The number of nitrogens with one attached hydrogen (secondary N) is 1. The average molecular weight is 553 g/mol. The van der Waals surface area contributed by atoms with Crippen molar-refractivity contribution in [3.8, 4) is 16.9 Å². The molecule has 0 radical (unpaired) electrons. The SMILES string of the molecule is CC[C@H](C)NC(=O)CN1C(=O)CS[C@@H](c2cccc(C)c2)c2c(-c3ccccc3)nn(-c3cccc(C)c3C)c21. The van der Waals surface area contributed by atoms with Crippen LogP contribution in [-0.2, 0) is 9.59 Å². The summed E-state index contributed by atoms with van der Waals surface area (Å²) in [6.07, 6.45) is 0.814. The van der Waals surface area contributed by atoms with Crippen LogP contribution < -0.4 is 10.2 Å². The van der Waals surface area contributed by atoms with E-state index < -0.39 is 0 Å². The van der Waals surface area contributed by atoms with Gasteiger partial charge in [-0.3, -0.25) is 14.5 Å². The molecule has 1 N–H and O–H groups in total. The molecular formula is C33H36N4O2S. The number of nitrogens with zero attached hydrogens (tertiary/aromatic N) is 3. The minimum atomic E-state index is -0.178. The van der Waals surface area contributed by atoms with Gasteiger partial charge in [-0.1, -0.05) is 79.2 Å². The van der Waals surface area contributed by atoms with Gasteiger partial charge < -0.3 is 5.32 Å². The highest BCUT2D eigenvalue weighted by atomic mass is 32.2. The first kappa shape index (κ1) is 27.7. The molecule has 206 valence electrons. The zero-order valence-electron chi connectivity index (χ0n) is 23.8. The van der Waals surface area contributed by atoms with Gasteiger partial charge in [0.15, 0.2) is 0 Å². The van der Waals surface area contributed by atoms with Gasteiger partial charge in [-0.05, 0) is 56.9 Å². The van der Waals surface area contributed by atoms with E-state index >= 15 is 0 Å². The Morgan fingerprint density at radius 3 is 2.52 bits per heavy atom. The molecule has 0 unspecified atom stereocenters. The van der Waals surface area contributed by atoms with E-state index in [1.807, 2.05) is 48.9 Å². The smallest absolute Gasteiger partial charge is 0.240 e. The van der Waals surface area contributed by atoms with Crippen LogP contribution in [-0.4, -0.2) is 39.9 Å². The van der Waals surface area contributed by atoms with Gasteiger partial charge in [0.2, 0.25) is 11.8 Å². The molecule has 0 saturated carbocycles. The highest BCUT2D eigenvalue weighted by molar-refractivity contribution is 8.00. The van der Waals surface area contributed by atoms with Crippen molar-refractivity contribution >= 4 is 29.4 Å². The van der Waals surface area contributed by atoms with Crippen LogP contribution in [0.4, 0.5) is 5.82 Å². The maximum Gasteiger partial charge on any atom is 0.240 e. The lowest BCUT2D eigenvalue weighted by Crippen LogP contribution is -2.44. The molecular weight excluding hydrogens is 516 g/mol. The van der Waals surface area contributed by atoms with E-state index in [1.165, 1.54) is 0 Å². The molecule has 2 amide bonds. The van der Waals surface area contributed by atoms with Crippen molar-refractivity contribution in [1.29, 1.82) is 0 Å². The summed E-state index contributed by atoms with van der Waals surface area (Å²) in [5, 5.41) is 8.13. The van der Waals surface area contributed by atoms with Crippen LogP contribution in [0.1, 0.15) is 53.3 Å². The first-order valence-corrected chi connectivity index (χ1v) is 14.9. The van der Waals surface area contributed by atoms with Crippen LogP contribution in [0.3, 0.4) is 0 Å². The number of hydrogen-bond acceptors (Lipinski definition) is 4. The Hall–Kier alpha value is -3.84. The molecule has 1 aliphatic rings. The van der Waals surface area contributed by atoms with Crippen LogP contribution in [0, 0.1) is 20.8 Å². The van der Waals surface area contributed by atoms with E-state index in [1.54, 1.807) is 16.7 Å². The minimum absolute atomic E-state index is 0.0206. The molecule has 0 aliphatic carbocycles. The van der Waals surface area contributed by atoms with E-state index in [0.717, 1.165) is 51.2 Å². The lowest BCUT2D eigenvalue weighted by atomic mass is 9.98. The van der Waals surface area contributed by atoms with E-state index in [2.05, 4.69) is 68.6 Å². The number of amides is 2.